The predicted octanol–water partition coefficient (Wildman–Crippen LogP) is 3.00. The lowest BCUT2D eigenvalue weighted by Gasteiger charge is -2.22. The van der Waals surface area contributed by atoms with Crippen molar-refractivity contribution in [3.63, 3.8) is 0 Å². The summed E-state index contributed by atoms with van der Waals surface area (Å²) < 4.78 is 10.9. The number of nitrogens with one attached hydrogen (secondary N) is 2. The third-order valence-electron chi connectivity index (χ3n) is 5.10. The van der Waals surface area contributed by atoms with Crippen molar-refractivity contribution in [1.29, 1.82) is 0 Å². The Balaban J connectivity index is 1.45. The Morgan fingerprint density at radius 2 is 2.14 bits per heavy atom. The van der Waals surface area contributed by atoms with Gasteiger partial charge in [0.1, 0.15) is 17.6 Å². The minimum atomic E-state index is -0.604. The van der Waals surface area contributed by atoms with E-state index in [0.29, 0.717) is 22.9 Å². The topological polar surface area (TPSA) is 97.4 Å². The van der Waals surface area contributed by atoms with Crippen molar-refractivity contribution in [2.45, 2.75) is 32.2 Å². The second kappa shape index (κ2) is 8.45. The van der Waals surface area contributed by atoms with E-state index in [2.05, 4.69) is 15.6 Å². The number of rotatable bonds is 5. The fourth-order valence-electron chi connectivity index (χ4n) is 3.56. The molecule has 0 saturated carbocycles. The second-order valence-corrected chi connectivity index (χ2v) is 7.23. The molecule has 0 aliphatic carbocycles. The summed E-state index contributed by atoms with van der Waals surface area (Å²) in [6.07, 6.45) is 3.51. The average Bonchev–Trinajstić information content (AvgIpc) is 3.22. The molecule has 2 aromatic heterocycles. The fraction of sp³-hybridized carbons (Fsp3) is 0.318. The molecule has 1 aliphatic heterocycles. The molecule has 1 amide bonds. The van der Waals surface area contributed by atoms with Crippen molar-refractivity contribution in [1.82, 2.24) is 15.6 Å². The largest absolute Gasteiger partial charge is 0.444 e. The summed E-state index contributed by atoms with van der Waals surface area (Å²) in [4.78, 5) is 29.4. The summed E-state index contributed by atoms with van der Waals surface area (Å²) in [6.45, 7) is 3.68. The van der Waals surface area contributed by atoms with Gasteiger partial charge in [0.05, 0.1) is 12.2 Å². The number of nitrogens with zero attached hydrogens (tertiary/aromatic N) is 1. The number of hydrogen-bond acceptors (Lipinski definition) is 6. The maximum Gasteiger partial charge on any atom is 0.349 e. The Kier molecular flexibility index (Phi) is 5.57. The van der Waals surface area contributed by atoms with Gasteiger partial charge in [-0.1, -0.05) is 18.2 Å². The number of hydrogen-bond donors (Lipinski definition) is 2. The summed E-state index contributed by atoms with van der Waals surface area (Å²) in [6, 6.07) is 11.3. The van der Waals surface area contributed by atoms with Crippen LogP contribution in [0.3, 0.4) is 0 Å². The monoisotopic (exact) mass is 393 g/mol. The van der Waals surface area contributed by atoms with Gasteiger partial charge in [-0.05, 0) is 50.1 Å². The summed E-state index contributed by atoms with van der Waals surface area (Å²) in [7, 11) is 0. The Morgan fingerprint density at radius 1 is 1.31 bits per heavy atom. The van der Waals surface area contributed by atoms with Crippen LogP contribution in [-0.2, 0) is 6.54 Å². The molecule has 0 spiro atoms. The lowest BCUT2D eigenvalue weighted by molar-refractivity contribution is 0.0945. The second-order valence-electron chi connectivity index (χ2n) is 7.23. The Bertz CT molecular complexity index is 1050. The van der Waals surface area contributed by atoms with Gasteiger partial charge < -0.3 is 19.5 Å². The van der Waals surface area contributed by atoms with Gasteiger partial charge in [-0.3, -0.25) is 4.79 Å². The summed E-state index contributed by atoms with van der Waals surface area (Å²) in [5.41, 5.74) is 1.47. The number of oxazole rings is 1. The van der Waals surface area contributed by atoms with E-state index < -0.39 is 11.5 Å². The zero-order chi connectivity index (χ0) is 20.2. The first-order valence-electron chi connectivity index (χ1n) is 9.75. The van der Waals surface area contributed by atoms with Gasteiger partial charge in [-0.15, -0.1) is 0 Å². The van der Waals surface area contributed by atoms with E-state index in [1.54, 1.807) is 13.0 Å². The van der Waals surface area contributed by atoms with Crippen LogP contribution in [0.15, 0.2) is 56.3 Å². The molecule has 29 heavy (non-hydrogen) atoms. The molecule has 0 radical (unpaired) electrons. The maximum absolute atomic E-state index is 12.6. The molecule has 2 N–H and O–H groups in total. The third kappa shape index (κ3) is 4.30. The average molecular weight is 393 g/mol. The molecule has 7 heteroatoms. The van der Waals surface area contributed by atoms with Crippen LogP contribution in [0, 0.1) is 6.92 Å². The lowest BCUT2D eigenvalue weighted by atomic mass is 9.95. The highest BCUT2D eigenvalue weighted by atomic mass is 16.4. The number of aromatic nitrogens is 1. The van der Waals surface area contributed by atoms with E-state index in [-0.39, 0.29) is 18.0 Å². The van der Waals surface area contributed by atoms with Crippen LogP contribution in [0.1, 0.15) is 46.1 Å². The van der Waals surface area contributed by atoms with Crippen LogP contribution >= 0.6 is 0 Å². The number of aryl methyl sites for hydroxylation is 1. The van der Waals surface area contributed by atoms with E-state index >= 15 is 0 Å². The van der Waals surface area contributed by atoms with Crippen molar-refractivity contribution in [3.05, 3.63) is 75.7 Å². The molecule has 1 aliphatic rings. The minimum Gasteiger partial charge on any atom is -0.444 e. The van der Waals surface area contributed by atoms with Crippen molar-refractivity contribution >= 4 is 5.91 Å². The lowest BCUT2D eigenvalue weighted by Crippen LogP contribution is -2.31. The first kappa shape index (κ1) is 19.1. The van der Waals surface area contributed by atoms with Crippen molar-refractivity contribution < 1.29 is 13.6 Å². The summed E-state index contributed by atoms with van der Waals surface area (Å²) in [5.74, 6) is 0.809. The molecule has 1 aromatic carbocycles. The first-order valence-corrected chi connectivity index (χ1v) is 9.75. The van der Waals surface area contributed by atoms with E-state index in [1.165, 1.54) is 6.26 Å². The third-order valence-corrected chi connectivity index (χ3v) is 5.10. The zero-order valence-corrected chi connectivity index (χ0v) is 16.2. The number of carbonyl (C=O) groups is 1. The smallest absolute Gasteiger partial charge is 0.349 e. The Labute approximate surface area is 168 Å². The number of piperidine rings is 1. The quantitative estimate of drug-likeness (QED) is 0.692. The molecule has 1 saturated heterocycles. The van der Waals surface area contributed by atoms with Crippen LogP contribution in [0.4, 0.5) is 0 Å². The van der Waals surface area contributed by atoms with Crippen LogP contribution < -0.4 is 16.3 Å². The standard InChI is InChI=1S/C22H23N3O4/c1-14-10-18(16-8-5-9-23-11-16)29-22(27)19(14)20(26)24-12-17-13-28-21(25-17)15-6-3-2-4-7-15/h2-4,6-7,10,13,16,23H,5,8-9,11-12H2,1H3,(H,24,26). The van der Waals surface area contributed by atoms with Gasteiger partial charge in [0.2, 0.25) is 5.89 Å². The summed E-state index contributed by atoms with van der Waals surface area (Å²) in [5, 5.41) is 6.03. The number of benzene rings is 1. The van der Waals surface area contributed by atoms with Crippen molar-refractivity contribution in [3.8, 4) is 11.5 Å². The summed E-state index contributed by atoms with van der Waals surface area (Å²) >= 11 is 0. The van der Waals surface area contributed by atoms with Gasteiger partial charge in [0, 0.05) is 18.0 Å². The molecule has 1 fully saturated rings. The number of amides is 1. The molecule has 4 rings (SSSR count). The van der Waals surface area contributed by atoms with E-state index in [0.717, 1.165) is 31.5 Å². The molecule has 150 valence electrons. The van der Waals surface area contributed by atoms with Crippen LogP contribution in [0.2, 0.25) is 0 Å². The molecule has 1 unspecified atom stereocenters. The molecular weight excluding hydrogens is 370 g/mol. The van der Waals surface area contributed by atoms with Gasteiger partial charge in [-0.25, -0.2) is 9.78 Å². The van der Waals surface area contributed by atoms with Crippen molar-refractivity contribution in [2.75, 3.05) is 13.1 Å². The van der Waals surface area contributed by atoms with Gasteiger partial charge in [-0.2, -0.15) is 0 Å². The SMILES string of the molecule is Cc1cc(C2CCCNC2)oc(=O)c1C(=O)NCc1coc(-c2ccccc2)n1. The predicted molar refractivity (Wildman–Crippen MR) is 108 cm³/mol. The Morgan fingerprint density at radius 3 is 2.86 bits per heavy atom. The molecular formula is C22H23N3O4. The van der Waals surface area contributed by atoms with Gasteiger partial charge in [0.25, 0.3) is 5.91 Å². The van der Waals surface area contributed by atoms with Gasteiger partial charge in [0.15, 0.2) is 0 Å². The first-order chi connectivity index (χ1) is 14.1. The van der Waals surface area contributed by atoms with E-state index in [9.17, 15) is 9.59 Å². The van der Waals surface area contributed by atoms with E-state index in [4.69, 9.17) is 8.83 Å². The van der Waals surface area contributed by atoms with Crippen LogP contribution in [0.5, 0.6) is 0 Å². The molecule has 0 bridgehead atoms. The Hall–Kier alpha value is -3.19. The molecule has 7 nitrogen and oxygen atoms in total. The van der Waals surface area contributed by atoms with E-state index in [1.807, 2.05) is 30.3 Å². The highest BCUT2D eigenvalue weighted by Gasteiger charge is 2.22. The van der Waals surface area contributed by atoms with Crippen LogP contribution in [-0.4, -0.2) is 24.0 Å². The normalized spacial score (nSPS) is 16.5. The maximum atomic E-state index is 12.6. The minimum absolute atomic E-state index is 0.0318. The highest BCUT2D eigenvalue weighted by Crippen LogP contribution is 2.23. The molecule has 1 atom stereocenters. The fourth-order valence-corrected chi connectivity index (χ4v) is 3.56. The van der Waals surface area contributed by atoms with Gasteiger partial charge >= 0.3 is 5.63 Å². The van der Waals surface area contributed by atoms with Crippen molar-refractivity contribution in [2.24, 2.45) is 0 Å². The van der Waals surface area contributed by atoms with Crippen LogP contribution in [0.25, 0.3) is 11.5 Å². The zero-order valence-electron chi connectivity index (χ0n) is 16.2. The molecule has 3 heterocycles. The molecule has 3 aromatic rings. The highest BCUT2D eigenvalue weighted by molar-refractivity contribution is 5.95. The number of carbonyl (C=O) groups excluding carboxylic acids is 1.